The van der Waals surface area contributed by atoms with Gasteiger partial charge in [0.1, 0.15) is 12.4 Å². The zero-order valence-electron chi connectivity index (χ0n) is 10.2. The molecule has 0 fully saturated rings. The quantitative estimate of drug-likeness (QED) is 0.618. The van der Waals surface area contributed by atoms with E-state index in [0.29, 0.717) is 21.9 Å². The van der Waals surface area contributed by atoms with Gasteiger partial charge in [-0.1, -0.05) is 30.3 Å². The third-order valence-corrected chi connectivity index (χ3v) is 2.78. The first-order chi connectivity index (χ1) is 9.24. The molecule has 2 rings (SSSR count). The van der Waals surface area contributed by atoms with Crippen LogP contribution in [0.3, 0.4) is 0 Å². The Balaban J connectivity index is 2.41. The molecule has 3 nitrogen and oxygen atoms in total. The number of benzene rings is 1. The maximum absolute atomic E-state index is 12.4. The van der Waals surface area contributed by atoms with Crippen LogP contribution in [0, 0.1) is 0 Å². The highest BCUT2D eigenvalue weighted by Crippen LogP contribution is 2.30. The van der Waals surface area contributed by atoms with Crippen molar-refractivity contribution >= 4 is 17.4 Å². The van der Waals surface area contributed by atoms with Crippen molar-refractivity contribution in [2.45, 2.75) is 0 Å². The Labute approximate surface area is 116 Å². The number of nitrogens with zero attached hydrogens (tertiary/aromatic N) is 1. The zero-order chi connectivity index (χ0) is 13.7. The highest BCUT2D eigenvalue weighted by molar-refractivity contribution is 6.33. The highest BCUT2D eigenvalue weighted by atomic mass is 35.5. The first-order valence-corrected chi connectivity index (χ1v) is 6.08. The van der Waals surface area contributed by atoms with Crippen LogP contribution in [0.25, 0.3) is 0 Å². The molecular formula is C15H12ClNO2. The summed E-state index contributed by atoms with van der Waals surface area (Å²) in [6.07, 6.45) is 4.73. The number of carbonyl (C=O) groups is 1. The van der Waals surface area contributed by atoms with Crippen molar-refractivity contribution in [1.29, 1.82) is 0 Å². The van der Waals surface area contributed by atoms with E-state index in [1.807, 2.05) is 0 Å². The van der Waals surface area contributed by atoms with E-state index in [-0.39, 0.29) is 12.4 Å². The molecule has 0 spiro atoms. The largest absolute Gasteiger partial charge is 0.487 e. The van der Waals surface area contributed by atoms with Gasteiger partial charge >= 0.3 is 0 Å². The van der Waals surface area contributed by atoms with Crippen LogP contribution in [-0.4, -0.2) is 17.4 Å². The van der Waals surface area contributed by atoms with Gasteiger partial charge in [-0.25, -0.2) is 0 Å². The molecule has 0 saturated carbocycles. The summed E-state index contributed by atoms with van der Waals surface area (Å²) in [4.78, 5) is 16.3. The van der Waals surface area contributed by atoms with Crippen molar-refractivity contribution in [2.24, 2.45) is 0 Å². The van der Waals surface area contributed by atoms with Crippen molar-refractivity contribution in [3.8, 4) is 5.75 Å². The summed E-state index contributed by atoms with van der Waals surface area (Å²) in [5.41, 5.74) is 0.913. The Morgan fingerprint density at radius 1 is 1.37 bits per heavy atom. The second-order valence-electron chi connectivity index (χ2n) is 3.79. The van der Waals surface area contributed by atoms with Crippen LogP contribution in [0.5, 0.6) is 5.75 Å². The molecule has 0 aliphatic rings. The number of rotatable bonds is 5. The smallest absolute Gasteiger partial charge is 0.198 e. The van der Waals surface area contributed by atoms with Gasteiger partial charge in [-0.05, 0) is 24.3 Å². The van der Waals surface area contributed by atoms with E-state index in [4.69, 9.17) is 16.3 Å². The number of ketones is 1. The van der Waals surface area contributed by atoms with E-state index < -0.39 is 0 Å². The summed E-state index contributed by atoms with van der Waals surface area (Å²) in [7, 11) is 0. The van der Waals surface area contributed by atoms with Crippen LogP contribution < -0.4 is 4.74 Å². The van der Waals surface area contributed by atoms with Crippen molar-refractivity contribution in [3.63, 3.8) is 0 Å². The molecule has 2 aromatic rings. The summed E-state index contributed by atoms with van der Waals surface area (Å²) < 4.78 is 5.47. The predicted molar refractivity (Wildman–Crippen MR) is 74.8 cm³/mol. The van der Waals surface area contributed by atoms with Crippen molar-refractivity contribution in [2.75, 3.05) is 6.61 Å². The Morgan fingerprint density at radius 2 is 2.21 bits per heavy atom. The number of halogens is 1. The Morgan fingerprint density at radius 3 is 2.89 bits per heavy atom. The van der Waals surface area contributed by atoms with E-state index >= 15 is 0 Å². The average Bonchev–Trinajstić information content (AvgIpc) is 2.46. The number of pyridine rings is 1. The van der Waals surface area contributed by atoms with Gasteiger partial charge in [0, 0.05) is 18.0 Å². The lowest BCUT2D eigenvalue weighted by atomic mass is 10.0. The second kappa shape index (κ2) is 6.16. The molecule has 0 aliphatic carbocycles. The summed E-state index contributed by atoms with van der Waals surface area (Å²) in [6.45, 7) is 3.86. The molecule has 0 aliphatic heterocycles. The maximum Gasteiger partial charge on any atom is 0.198 e. The summed E-state index contributed by atoms with van der Waals surface area (Å²) >= 11 is 6.07. The monoisotopic (exact) mass is 273 g/mol. The molecule has 0 amide bonds. The molecule has 0 N–H and O–H groups in total. The molecule has 1 aromatic carbocycles. The summed E-state index contributed by atoms with van der Waals surface area (Å²) in [6, 6.07) is 8.49. The van der Waals surface area contributed by atoms with Gasteiger partial charge in [-0.15, -0.1) is 0 Å². The SMILES string of the molecule is C=CCOc1c(Cl)cccc1C(=O)c1cccnc1. The average molecular weight is 274 g/mol. The fraction of sp³-hybridized carbons (Fsp3) is 0.0667. The Kier molecular flexibility index (Phi) is 4.31. The molecule has 0 saturated heterocycles. The summed E-state index contributed by atoms with van der Waals surface area (Å²) in [5, 5.41) is 0.400. The van der Waals surface area contributed by atoms with Gasteiger partial charge < -0.3 is 4.74 Å². The normalized spacial score (nSPS) is 9.95. The standard InChI is InChI=1S/C15H12ClNO2/c1-2-9-19-15-12(6-3-7-13(15)16)14(18)11-5-4-8-17-10-11/h2-8,10H,1,9H2. The van der Waals surface area contributed by atoms with Crippen LogP contribution in [0.15, 0.2) is 55.4 Å². The predicted octanol–water partition coefficient (Wildman–Crippen LogP) is 3.53. The van der Waals surface area contributed by atoms with Crippen molar-refractivity contribution in [1.82, 2.24) is 4.98 Å². The van der Waals surface area contributed by atoms with Crippen LogP contribution in [-0.2, 0) is 0 Å². The molecular weight excluding hydrogens is 262 g/mol. The van der Waals surface area contributed by atoms with Crippen LogP contribution in [0.4, 0.5) is 0 Å². The minimum Gasteiger partial charge on any atom is -0.487 e. The number of hydrogen-bond acceptors (Lipinski definition) is 3. The van der Waals surface area contributed by atoms with Gasteiger partial charge in [0.25, 0.3) is 0 Å². The van der Waals surface area contributed by atoms with E-state index in [1.165, 1.54) is 6.20 Å². The number of hydrogen-bond donors (Lipinski definition) is 0. The zero-order valence-corrected chi connectivity index (χ0v) is 10.9. The topological polar surface area (TPSA) is 39.2 Å². The number of aromatic nitrogens is 1. The lowest BCUT2D eigenvalue weighted by Gasteiger charge is -2.11. The van der Waals surface area contributed by atoms with Gasteiger partial charge in [0.15, 0.2) is 5.78 Å². The molecule has 0 bridgehead atoms. The fourth-order valence-corrected chi connectivity index (χ4v) is 1.86. The van der Waals surface area contributed by atoms with E-state index in [0.717, 1.165) is 0 Å². The van der Waals surface area contributed by atoms with Crippen LogP contribution in [0.1, 0.15) is 15.9 Å². The lowest BCUT2D eigenvalue weighted by molar-refractivity contribution is 0.103. The second-order valence-corrected chi connectivity index (χ2v) is 4.19. The third-order valence-electron chi connectivity index (χ3n) is 2.48. The van der Waals surface area contributed by atoms with Gasteiger partial charge in [-0.3, -0.25) is 9.78 Å². The molecule has 1 heterocycles. The maximum atomic E-state index is 12.4. The Bertz CT molecular complexity index is 596. The number of para-hydroxylation sites is 1. The molecule has 19 heavy (non-hydrogen) atoms. The summed E-state index contributed by atoms with van der Waals surface area (Å²) in [5.74, 6) is 0.201. The van der Waals surface area contributed by atoms with E-state index in [2.05, 4.69) is 11.6 Å². The molecule has 0 radical (unpaired) electrons. The molecule has 4 heteroatoms. The van der Waals surface area contributed by atoms with Crippen LogP contribution >= 0.6 is 11.6 Å². The number of ether oxygens (including phenoxy) is 1. The number of carbonyl (C=O) groups excluding carboxylic acids is 1. The van der Waals surface area contributed by atoms with Gasteiger partial charge in [0.2, 0.25) is 0 Å². The minimum absolute atomic E-state index is 0.172. The minimum atomic E-state index is -0.172. The van der Waals surface area contributed by atoms with Gasteiger partial charge in [0.05, 0.1) is 10.6 Å². The van der Waals surface area contributed by atoms with E-state index in [9.17, 15) is 4.79 Å². The molecule has 96 valence electrons. The Hall–Kier alpha value is -2.13. The first-order valence-electron chi connectivity index (χ1n) is 5.71. The van der Waals surface area contributed by atoms with Crippen molar-refractivity contribution < 1.29 is 9.53 Å². The molecule has 1 aromatic heterocycles. The first kappa shape index (κ1) is 13.3. The fourth-order valence-electron chi connectivity index (χ4n) is 1.63. The van der Waals surface area contributed by atoms with Gasteiger partial charge in [-0.2, -0.15) is 0 Å². The lowest BCUT2D eigenvalue weighted by Crippen LogP contribution is -2.06. The van der Waals surface area contributed by atoms with E-state index in [1.54, 1.807) is 42.6 Å². The molecule has 0 atom stereocenters. The highest BCUT2D eigenvalue weighted by Gasteiger charge is 2.17. The van der Waals surface area contributed by atoms with Crippen LogP contribution in [0.2, 0.25) is 5.02 Å². The molecule has 0 unspecified atom stereocenters. The third kappa shape index (κ3) is 3.01. The van der Waals surface area contributed by atoms with Crippen molar-refractivity contribution in [3.05, 3.63) is 71.5 Å².